The summed E-state index contributed by atoms with van der Waals surface area (Å²) in [6.07, 6.45) is 8.48. The first kappa shape index (κ1) is 15.9. The lowest BCUT2D eigenvalue weighted by Gasteiger charge is -2.22. The van der Waals surface area contributed by atoms with Crippen molar-refractivity contribution in [3.63, 3.8) is 0 Å². The van der Waals surface area contributed by atoms with E-state index in [1.165, 1.54) is 24.8 Å². The maximum Gasteiger partial charge on any atom is 0.220 e. The van der Waals surface area contributed by atoms with Crippen molar-refractivity contribution in [3.8, 4) is 5.75 Å². The topological polar surface area (TPSA) is 38.3 Å². The molecule has 1 aliphatic rings. The predicted molar refractivity (Wildman–Crippen MR) is 85.6 cm³/mol. The van der Waals surface area contributed by atoms with Crippen LogP contribution in [0.1, 0.15) is 57.4 Å². The van der Waals surface area contributed by atoms with Crippen LogP contribution >= 0.6 is 0 Å². The van der Waals surface area contributed by atoms with Gasteiger partial charge < -0.3 is 10.1 Å². The van der Waals surface area contributed by atoms with E-state index in [9.17, 15) is 4.79 Å². The Morgan fingerprint density at radius 3 is 2.57 bits per heavy atom. The fraction of sp³-hybridized carbons (Fsp3) is 0.611. The second-order valence-corrected chi connectivity index (χ2v) is 5.85. The molecular formula is C18H27NO2. The van der Waals surface area contributed by atoms with Gasteiger partial charge in [0.1, 0.15) is 5.75 Å². The van der Waals surface area contributed by atoms with Gasteiger partial charge in [-0.25, -0.2) is 0 Å². The lowest BCUT2D eigenvalue weighted by Crippen LogP contribution is -2.36. The number of rotatable bonds is 7. The molecule has 1 aromatic carbocycles. The monoisotopic (exact) mass is 289 g/mol. The lowest BCUT2D eigenvalue weighted by molar-refractivity contribution is -0.122. The molecule has 0 radical (unpaired) electrons. The van der Waals surface area contributed by atoms with Gasteiger partial charge in [-0.1, -0.05) is 38.3 Å². The SMILES string of the molecule is CCc1ccc(OCCCC(=O)NC2CCCCC2)cc1. The summed E-state index contributed by atoms with van der Waals surface area (Å²) in [7, 11) is 0. The number of amides is 1. The molecule has 3 heteroatoms. The number of hydrogen-bond acceptors (Lipinski definition) is 2. The fourth-order valence-electron chi connectivity index (χ4n) is 2.79. The molecule has 1 aliphatic carbocycles. The Hall–Kier alpha value is -1.51. The second kappa shape index (κ2) is 8.71. The summed E-state index contributed by atoms with van der Waals surface area (Å²) < 4.78 is 5.67. The Kier molecular flexibility index (Phi) is 6.58. The van der Waals surface area contributed by atoms with Gasteiger partial charge >= 0.3 is 0 Å². The highest BCUT2D eigenvalue weighted by Crippen LogP contribution is 2.17. The van der Waals surface area contributed by atoms with Crippen LogP contribution in [0.4, 0.5) is 0 Å². The second-order valence-electron chi connectivity index (χ2n) is 5.85. The highest BCUT2D eigenvalue weighted by molar-refractivity contribution is 5.76. The van der Waals surface area contributed by atoms with Crippen molar-refractivity contribution in [2.75, 3.05) is 6.61 Å². The van der Waals surface area contributed by atoms with Crippen LogP contribution in [0.15, 0.2) is 24.3 Å². The number of hydrogen-bond donors (Lipinski definition) is 1. The quantitative estimate of drug-likeness (QED) is 0.774. The average molecular weight is 289 g/mol. The van der Waals surface area contributed by atoms with Crippen LogP contribution < -0.4 is 10.1 Å². The zero-order valence-electron chi connectivity index (χ0n) is 13.1. The van der Waals surface area contributed by atoms with Gasteiger partial charge in [0.25, 0.3) is 0 Å². The van der Waals surface area contributed by atoms with Crippen LogP contribution in [-0.2, 0) is 11.2 Å². The normalized spacial score (nSPS) is 15.7. The van der Waals surface area contributed by atoms with E-state index < -0.39 is 0 Å². The maximum absolute atomic E-state index is 11.8. The molecule has 3 nitrogen and oxygen atoms in total. The van der Waals surface area contributed by atoms with E-state index in [1.54, 1.807) is 0 Å². The lowest BCUT2D eigenvalue weighted by atomic mass is 9.95. The van der Waals surface area contributed by atoms with Gasteiger partial charge in [0.05, 0.1) is 6.61 Å². The maximum atomic E-state index is 11.8. The van der Waals surface area contributed by atoms with Gasteiger partial charge in [0.15, 0.2) is 0 Å². The largest absolute Gasteiger partial charge is 0.494 e. The summed E-state index contributed by atoms with van der Waals surface area (Å²) >= 11 is 0. The molecule has 2 rings (SSSR count). The summed E-state index contributed by atoms with van der Waals surface area (Å²) in [5, 5.41) is 3.14. The highest BCUT2D eigenvalue weighted by Gasteiger charge is 2.15. The number of nitrogens with one attached hydrogen (secondary N) is 1. The Labute approximate surface area is 128 Å². The third-order valence-corrected chi connectivity index (χ3v) is 4.12. The summed E-state index contributed by atoms with van der Waals surface area (Å²) in [5.74, 6) is 1.06. The van der Waals surface area contributed by atoms with E-state index >= 15 is 0 Å². The van der Waals surface area contributed by atoms with E-state index in [4.69, 9.17) is 4.74 Å². The summed E-state index contributed by atoms with van der Waals surface area (Å²) in [5.41, 5.74) is 1.31. The zero-order valence-corrected chi connectivity index (χ0v) is 13.1. The standard InChI is InChI=1S/C18H27NO2/c1-2-15-10-12-17(13-11-15)21-14-6-9-18(20)19-16-7-4-3-5-8-16/h10-13,16H,2-9,14H2,1H3,(H,19,20). The molecule has 0 aromatic heterocycles. The number of aryl methyl sites for hydroxylation is 1. The van der Waals surface area contributed by atoms with E-state index in [1.807, 2.05) is 12.1 Å². The number of carbonyl (C=O) groups excluding carboxylic acids is 1. The molecule has 1 aromatic rings. The van der Waals surface area contributed by atoms with Gasteiger partial charge in [-0.3, -0.25) is 4.79 Å². The zero-order chi connectivity index (χ0) is 14.9. The van der Waals surface area contributed by atoms with Crippen molar-refractivity contribution in [1.82, 2.24) is 5.32 Å². The molecule has 0 atom stereocenters. The van der Waals surface area contributed by atoms with Crippen molar-refractivity contribution in [1.29, 1.82) is 0 Å². The first-order valence-electron chi connectivity index (χ1n) is 8.29. The molecule has 1 N–H and O–H groups in total. The van der Waals surface area contributed by atoms with Crippen molar-refractivity contribution in [2.24, 2.45) is 0 Å². The molecule has 0 spiro atoms. The average Bonchev–Trinajstić information content (AvgIpc) is 2.53. The van der Waals surface area contributed by atoms with Crippen LogP contribution in [0.5, 0.6) is 5.75 Å². The summed E-state index contributed by atoms with van der Waals surface area (Å²) in [4.78, 5) is 11.8. The first-order chi connectivity index (χ1) is 10.3. The smallest absolute Gasteiger partial charge is 0.220 e. The summed E-state index contributed by atoms with van der Waals surface area (Å²) in [6.45, 7) is 2.74. The van der Waals surface area contributed by atoms with Crippen LogP contribution in [-0.4, -0.2) is 18.6 Å². The Morgan fingerprint density at radius 2 is 1.90 bits per heavy atom. The minimum Gasteiger partial charge on any atom is -0.494 e. The molecule has 116 valence electrons. The van der Waals surface area contributed by atoms with E-state index in [-0.39, 0.29) is 5.91 Å². The Bertz CT molecular complexity index is 421. The van der Waals surface area contributed by atoms with Gasteiger partial charge in [-0.15, -0.1) is 0 Å². The van der Waals surface area contributed by atoms with Crippen LogP contribution in [0, 0.1) is 0 Å². The number of benzene rings is 1. The van der Waals surface area contributed by atoms with Gasteiger partial charge in [0.2, 0.25) is 5.91 Å². The Morgan fingerprint density at radius 1 is 1.19 bits per heavy atom. The van der Waals surface area contributed by atoms with Gasteiger partial charge in [-0.05, 0) is 43.4 Å². The van der Waals surface area contributed by atoms with Gasteiger partial charge in [-0.2, -0.15) is 0 Å². The third kappa shape index (κ3) is 5.78. The Balaban J connectivity index is 1.58. The van der Waals surface area contributed by atoms with Crippen LogP contribution in [0.25, 0.3) is 0 Å². The molecule has 1 amide bonds. The molecule has 0 aliphatic heterocycles. The molecule has 0 bridgehead atoms. The van der Waals surface area contributed by atoms with E-state index in [0.717, 1.165) is 31.4 Å². The van der Waals surface area contributed by atoms with E-state index in [2.05, 4.69) is 24.4 Å². The summed E-state index contributed by atoms with van der Waals surface area (Å²) in [6, 6.07) is 8.59. The third-order valence-electron chi connectivity index (χ3n) is 4.12. The molecule has 0 saturated heterocycles. The molecular weight excluding hydrogens is 262 g/mol. The van der Waals surface area contributed by atoms with Crippen LogP contribution in [0.2, 0.25) is 0 Å². The molecule has 0 unspecified atom stereocenters. The van der Waals surface area contributed by atoms with Crippen LogP contribution in [0.3, 0.4) is 0 Å². The van der Waals surface area contributed by atoms with Crippen molar-refractivity contribution in [3.05, 3.63) is 29.8 Å². The minimum absolute atomic E-state index is 0.173. The predicted octanol–water partition coefficient (Wildman–Crippen LogP) is 3.86. The molecule has 1 fully saturated rings. The van der Waals surface area contributed by atoms with E-state index in [0.29, 0.717) is 19.1 Å². The number of carbonyl (C=O) groups is 1. The van der Waals surface area contributed by atoms with Crippen molar-refractivity contribution < 1.29 is 9.53 Å². The van der Waals surface area contributed by atoms with Gasteiger partial charge in [0, 0.05) is 12.5 Å². The van der Waals surface area contributed by atoms with Crippen molar-refractivity contribution >= 4 is 5.91 Å². The molecule has 0 heterocycles. The molecule has 1 saturated carbocycles. The fourth-order valence-corrected chi connectivity index (χ4v) is 2.79. The van der Waals surface area contributed by atoms with Crippen molar-refractivity contribution in [2.45, 2.75) is 64.3 Å². The number of ether oxygens (including phenoxy) is 1. The first-order valence-corrected chi connectivity index (χ1v) is 8.29. The molecule has 21 heavy (non-hydrogen) atoms. The minimum atomic E-state index is 0.173. The highest BCUT2D eigenvalue weighted by atomic mass is 16.5.